The van der Waals surface area contributed by atoms with Crippen LogP contribution in [0.25, 0.3) is 0 Å². The van der Waals surface area contributed by atoms with Crippen LogP contribution in [0.3, 0.4) is 0 Å². The Hall–Kier alpha value is -1.14. The molecule has 0 aromatic rings. The SMILES string of the molecule is CCC(C)N1CCC(NC(=O)C(C)C)C1.CCNCC1CCN(C(=O)C(C)C)C1.[HH].[HH]. The van der Waals surface area contributed by atoms with E-state index in [1.54, 1.807) is 0 Å². The lowest BCUT2D eigenvalue weighted by atomic mass is 10.1. The Kier molecular flexibility index (Phi) is 11.8. The third-order valence-electron chi connectivity index (χ3n) is 6.08. The van der Waals surface area contributed by atoms with Gasteiger partial charge in [0.15, 0.2) is 0 Å². The standard InChI is InChI=1S/C12H24N2O.C11H22N2O.2H2/c1-5-10(4)14-7-6-11(8-14)13-12(15)9(2)3;1-4-12-7-10-5-6-13(8-10)11(14)9(2)3;;/h9-11H,5-8H2,1-4H3,(H,13,15);9-10,12H,4-8H2,1-3H3;2*1H. The van der Waals surface area contributed by atoms with Crippen LogP contribution >= 0.6 is 0 Å². The monoisotopic (exact) mass is 414 g/mol. The van der Waals surface area contributed by atoms with Crippen molar-refractivity contribution in [1.82, 2.24) is 20.4 Å². The molecular weight excluding hydrogens is 364 g/mol. The summed E-state index contributed by atoms with van der Waals surface area (Å²) in [6.07, 6.45) is 3.44. The molecule has 2 rings (SSSR count). The Bertz CT molecular complexity index is 506. The van der Waals surface area contributed by atoms with Crippen LogP contribution in [0.2, 0.25) is 0 Å². The first-order chi connectivity index (χ1) is 13.7. The summed E-state index contributed by atoms with van der Waals surface area (Å²) in [6, 6.07) is 1.01. The van der Waals surface area contributed by atoms with Gasteiger partial charge in [-0.15, -0.1) is 0 Å². The molecule has 0 saturated carbocycles. The first-order valence-electron chi connectivity index (χ1n) is 11.7. The lowest BCUT2D eigenvalue weighted by molar-refractivity contribution is -0.133. The van der Waals surface area contributed by atoms with Crippen LogP contribution in [0.15, 0.2) is 0 Å². The van der Waals surface area contributed by atoms with E-state index >= 15 is 0 Å². The maximum atomic E-state index is 11.7. The highest BCUT2D eigenvalue weighted by atomic mass is 16.2. The predicted molar refractivity (Wildman–Crippen MR) is 125 cm³/mol. The van der Waals surface area contributed by atoms with Crippen LogP contribution in [0.1, 0.15) is 70.6 Å². The van der Waals surface area contributed by atoms with E-state index in [0.29, 0.717) is 23.9 Å². The van der Waals surface area contributed by atoms with Crippen molar-refractivity contribution in [2.75, 3.05) is 39.3 Å². The molecule has 2 aliphatic rings. The number of nitrogens with one attached hydrogen (secondary N) is 2. The molecule has 0 radical (unpaired) electrons. The van der Waals surface area contributed by atoms with Crippen LogP contribution in [-0.4, -0.2) is 73.0 Å². The van der Waals surface area contributed by atoms with Crippen LogP contribution < -0.4 is 10.6 Å². The van der Waals surface area contributed by atoms with E-state index in [-0.39, 0.29) is 20.6 Å². The quantitative estimate of drug-likeness (QED) is 0.640. The number of hydrogen-bond donors (Lipinski definition) is 2. The molecule has 2 heterocycles. The number of rotatable bonds is 8. The Morgan fingerprint density at radius 1 is 1.00 bits per heavy atom. The van der Waals surface area contributed by atoms with Crippen molar-refractivity contribution in [1.29, 1.82) is 0 Å². The summed E-state index contributed by atoms with van der Waals surface area (Å²) in [4.78, 5) is 27.7. The van der Waals surface area contributed by atoms with E-state index in [1.807, 2.05) is 32.6 Å². The van der Waals surface area contributed by atoms with E-state index in [0.717, 1.165) is 52.1 Å². The van der Waals surface area contributed by atoms with Crippen molar-refractivity contribution in [3.05, 3.63) is 0 Å². The minimum atomic E-state index is 0. The Morgan fingerprint density at radius 3 is 2.24 bits per heavy atom. The van der Waals surface area contributed by atoms with Crippen LogP contribution in [0.5, 0.6) is 0 Å². The number of amides is 2. The van der Waals surface area contributed by atoms with Gasteiger partial charge in [-0.05, 0) is 45.2 Å². The molecule has 2 N–H and O–H groups in total. The maximum absolute atomic E-state index is 11.7. The summed E-state index contributed by atoms with van der Waals surface area (Å²) in [7, 11) is 0. The van der Waals surface area contributed by atoms with Gasteiger partial charge in [-0.1, -0.05) is 41.5 Å². The van der Waals surface area contributed by atoms with Gasteiger partial charge < -0.3 is 15.5 Å². The van der Waals surface area contributed by atoms with E-state index in [9.17, 15) is 9.59 Å². The van der Waals surface area contributed by atoms with E-state index in [1.165, 1.54) is 6.42 Å². The maximum Gasteiger partial charge on any atom is 0.225 e. The van der Waals surface area contributed by atoms with Crippen molar-refractivity contribution in [2.24, 2.45) is 17.8 Å². The third kappa shape index (κ3) is 9.04. The van der Waals surface area contributed by atoms with Gasteiger partial charge in [0.25, 0.3) is 0 Å². The summed E-state index contributed by atoms with van der Waals surface area (Å²) < 4.78 is 0. The smallest absolute Gasteiger partial charge is 0.225 e. The molecule has 2 fully saturated rings. The first kappa shape index (κ1) is 25.9. The van der Waals surface area contributed by atoms with Crippen LogP contribution in [-0.2, 0) is 9.59 Å². The minimum Gasteiger partial charge on any atom is -0.352 e. The predicted octanol–water partition coefficient (Wildman–Crippen LogP) is 3.22. The van der Waals surface area contributed by atoms with Crippen molar-refractivity contribution >= 4 is 11.8 Å². The second kappa shape index (κ2) is 13.2. The van der Waals surface area contributed by atoms with E-state index in [4.69, 9.17) is 0 Å². The average molecular weight is 415 g/mol. The fourth-order valence-corrected chi connectivity index (χ4v) is 3.84. The lowest BCUT2D eigenvalue weighted by Gasteiger charge is -2.23. The molecule has 3 unspecified atom stereocenters. The van der Waals surface area contributed by atoms with Gasteiger partial charge in [-0.2, -0.15) is 0 Å². The highest BCUT2D eigenvalue weighted by molar-refractivity contribution is 5.78. The zero-order chi connectivity index (χ0) is 22.0. The Morgan fingerprint density at radius 2 is 1.69 bits per heavy atom. The molecule has 6 nitrogen and oxygen atoms in total. The topological polar surface area (TPSA) is 64.7 Å². The summed E-state index contributed by atoms with van der Waals surface area (Å²) in [5.74, 6) is 1.41. The Balaban J connectivity index is 0. The zero-order valence-electron chi connectivity index (χ0n) is 20.0. The Labute approximate surface area is 182 Å². The number of nitrogens with zero attached hydrogens (tertiary/aromatic N) is 2. The number of carbonyl (C=O) groups is 2. The minimum absolute atomic E-state index is 0. The molecule has 3 atom stereocenters. The van der Waals surface area contributed by atoms with Gasteiger partial charge in [0.2, 0.25) is 11.8 Å². The third-order valence-corrected chi connectivity index (χ3v) is 6.08. The largest absolute Gasteiger partial charge is 0.352 e. The van der Waals surface area contributed by atoms with Gasteiger partial charge in [0.1, 0.15) is 0 Å². The molecule has 2 saturated heterocycles. The van der Waals surface area contributed by atoms with Crippen LogP contribution in [0, 0.1) is 17.8 Å². The fraction of sp³-hybridized carbons (Fsp3) is 0.913. The summed E-state index contributed by atoms with van der Waals surface area (Å²) in [5.41, 5.74) is 0. The molecule has 0 aromatic carbocycles. The molecule has 0 aromatic heterocycles. The van der Waals surface area contributed by atoms with Gasteiger partial charge in [-0.3, -0.25) is 14.5 Å². The zero-order valence-corrected chi connectivity index (χ0v) is 20.0. The average Bonchev–Trinajstić information content (AvgIpc) is 3.35. The lowest BCUT2D eigenvalue weighted by Crippen LogP contribution is -2.40. The van der Waals surface area contributed by atoms with Gasteiger partial charge in [-0.25, -0.2) is 0 Å². The molecule has 6 heteroatoms. The fourth-order valence-electron chi connectivity index (χ4n) is 3.84. The molecule has 29 heavy (non-hydrogen) atoms. The second-order valence-electron chi connectivity index (χ2n) is 9.30. The second-order valence-corrected chi connectivity index (χ2v) is 9.30. The normalized spacial score (nSPS) is 23.3. The first-order valence-corrected chi connectivity index (χ1v) is 11.7. The molecular formula is C23H50N4O2. The number of hydrogen-bond acceptors (Lipinski definition) is 4. The van der Waals surface area contributed by atoms with Crippen LogP contribution in [0.4, 0.5) is 0 Å². The summed E-state index contributed by atoms with van der Waals surface area (Å²) in [6.45, 7) is 20.5. The van der Waals surface area contributed by atoms with Crippen molar-refractivity contribution in [2.45, 2.75) is 79.8 Å². The highest BCUT2D eigenvalue weighted by Gasteiger charge is 2.27. The number of likely N-dealkylation sites (tertiary alicyclic amines) is 2. The van der Waals surface area contributed by atoms with E-state index in [2.05, 4.69) is 36.3 Å². The molecule has 2 aliphatic heterocycles. The molecule has 174 valence electrons. The summed E-state index contributed by atoms with van der Waals surface area (Å²) in [5, 5.41) is 6.45. The van der Waals surface area contributed by atoms with Gasteiger partial charge in [0, 0.05) is 53.0 Å². The van der Waals surface area contributed by atoms with Crippen molar-refractivity contribution in [3.8, 4) is 0 Å². The van der Waals surface area contributed by atoms with Gasteiger partial charge in [0.05, 0.1) is 0 Å². The molecule has 2 amide bonds. The van der Waals surface area contributed by atoms with E-state index < -0.39 is 0 Å². The summed E-state index contributed by atoms with van der Waals surface area (Å²) >= 11 is 0. The molecule has 0 bridgehead atoms. The van der Waals surface area contributed by atoms with Crippen molar-refractivity contribution < 1.29 is 12.4 Å². The van der Waals surface area contributed by atoms with Gasteiger partial charge >= 0.3 is 0 Å². The van der Waals surface area contributed by atoms with Crippen molar-refractivity contribution in [3.63, 3.8) is 0 Å². The highest BCUT2D eigenvalue weighted by Crippen LogP contribution is 2.17. The molecule has 0 aliphatic carbocycles. The molecule has 0 spiro atoms. The number of carbonyl (C=O) groups excluding carboxylic acids is 2.